The minimum atomic E-state index is 0.417. The van der Waals surface area contributed by atoms with Crippen LogP contribution in [0.25, 0.3) is 0 Å². The fourth-order valence-corrected chi connectivity index (χ4v) is 1.19. The van der Waals surface area contributed by atoms with E-state index >= 15 is 0 Å². The van der Waals surface area contributed by atoms with Crippen LogP contribution in [0.1, 0.15) is 32.4 Å². The molecule has 84 valence electrons. The number of nitrogens with two attached hydrogens (primary N) is 1. The lowest BCUT2D eigenvalue weighted by Gasteiger charge is -2.06. The first kappa shape index (κ1) is 11.9. The van der Waals surface area contributed by atoms with Crippen molar-refractivity contribution in [3.8, 4) is 5.88 Å². The average Bonchev–Trinajstić information content (AvgIpc) is 2.25. The maximum atomic E-state index is 5.44. The number of hydrogen-bond donors (Lipinski definition) is 1. The molecule has 4 heteroatoms. The van der Waals surface area contributed by atoms with E-state index in [-0.39, 0.29) is 0 Å². The van der Waals surface area contributed by atoms with Crippen molar-refractivity contribution >= 4 is 0 Å². The second kappa shape index (κ2) is 6.35. The van der Waals surface area contributed by atoms with Crippen LogP contribution in [0, 0.1) is 5.92 Å². The van der Waals surface area contributed by atoms with Crippen LogP contribution in [0.2, 0.25) is 0 Å². The van der Waals surface area contributed by atoms with Gasteiger partial charge in [0, 0.05) is 6.54 Å². The van der Waals surface area contributed by atoms with Crippen LogP contribution in [-0.2, 0) is 6.54 Å². The SMILES string of the molecule is CC(C)CCCOc1cnc(CN)cn1. The molecular formula is C11H19N3O. The summed E-state index contributed by atoms with van der Waals surface area (Å²) in [4.78, 5) is 8.20. The van der Waals surface area contributed by atoms with Crippen LogP contribution in [0.3, 0.4) is 0 Å². The van der Waals surface area contributed by atoms with Crippen molar-refractivity contribution in [2.24, 2.45) is 11.7 Å². The third-order valence-electron chi connectivity index (χ3n) is 2.07. The van der Waals surface area contributed by atoms with Crippen LogP contribution in [0.15, 0.2) is 12.4 Å². The Kier molecular flexibility index (Phi) is 5.04. The molecule has 0 aliphatic heterocycles. The van der Waals surface area contributed by atoms with Crippen LogP contribution < -0.4 is 10.5 Å². The molecule has 0 atom stereocenters. The highest BCUT2D eigenvalue weighted by Crippen LogP contribution is 2.07. The molecule has 0 fully saturated rings. The molecular weight excluding hydrogens is 190 g/mol. The van der Waals surface area contributed by atoms with Gasteiger partial charge in [-0.1, -0.05) is 13.8 Å². The van der Waals surface area contributed by atoms with Gasteiger partial charge < -0.3 is 10.5 Å². The van der Waals surface area contributed by atoms with E-state index in [4.69, 9.17) is 10.5 Å². The van der Waals surface area contributed by atoms with Gasteiger partial charge in [-0.05, 0) is 18.8 Å². The Hall–Kier alpha value is -1.16. The van der Waals surface area contributed by atoms with E-state index in [1.165, 1.54) is 6.42 Å². The van der Waals surface area contributed by atoms with Gasteiger partial charge in [-0.2, -0.15) is 0 Å². The Morgan fingerprint density at radius 3 is 2.67 bits per heavy atom. The molecule has 0 aliphatic rings. The number of aromatic nitrogens is 2. The Morgan fingerprint density at radius 1 is 1.33 bits per heavy atom. The third kappa shape index (κ3) is 4.74. The first-order chi connectivity index (χ1) is 7.22. The maximum absolute atomic E-state index is 5.44. The minimum absolute atomic E-state index is 0.417. The normalized spacial score (nSPS) is 10.7. The molecule has 0 amide bonds. The van der Waals surface area contributed by atoms with E-state index in [0.717, 1.165) is 18.0 Å². The number of nitrogens with zero attached hydrogens (tertiary/aromatic N) is 2. The van der Waals surface area contributed by atoms with Gasteiger partial charge in [0.15, 0.2) is 0 Å². The minimum Gasteiger partial charge on any atom is -0.477 e. The number of hydrogen-bond acceptors (Lipinski definition) is 4. The van der Waals surface area contributed by atoms with Crippen molar-refractivity contribution in [3.63, 3.8) is 0 Å². The monoisotopic (exact) mass is 209 g/mol. The second-order valence-electron chi connectivity index (χ2n) is 3.93. The quantitative estimate of drug-likeness (QED) is 0.725. The van der Waals surface area contributed by atoms with E-state index in [0.29, 0.717) is 19.0 Å². The molecule has 1 heterocycles. The molecule has 2 N–H and O–H groups in total. The zero-order valence-electron chi connectivity index (χ0n) is 9.44. The summed E-state index contributed by atoms with van der Waals surface area (Å²) in [5.41, 5.74) is 6.19. The van der Waals surface area contributed by atoms with Crippen LogP contribution in [0.5, 0.6) is 5.88 Å². The summed E-state index contributed by atoms with van der Waals surface area (Å²) in [6, 6.07) is 0. The summed E-state index contributed by atoms with van der Waals surface area (Å²) in [5.74, 6) is 1.30. The first-order valence-electron chi connectivity index (χ1n) is 5.36. The van der Waals surface area contributed by atoms with Crippen LogP contribution in [-0.4, -0.2) is 16.6 Å². The summed E-state index contributed by atoms with van der Waals surface area (Å²) < 4.78 is 5.44. The molecule has 0 saturated carbocycles. The standard InChI is InChI=1S/C11H19N3O/c1-9(2)4-3-5-15-11-8-13-10(6-12)7-14-11/h7-9H,3-6,12H2,1-2H3. The average molecular weight is 209 g/mol. The predicted octanol–water partition coefficient (Wildman–Crippen LogP) is 1.75. The van der Waals surface area contributed by atoms with Gasteiger partial charge in [-0.15, -0.1) is 0 Å². The first-order valence-corrected chi connectivity index (χ1v) is 5.36. The number of rotatable bonds is 6. The van der Waals surface area contributed by atoms with Crippen molar-refractivity contribution in [1.29, 1.82) is 0 Å². The van der Waals surface area contributed by atoms with Gasteiger partial charge in [0.25, 0.3) is 0 Å². The Labute approximate surface area is 90.9 Å². The summed E-state index contributed by atoms with van der Waals surface area (Å²) >= 11 is 0. The van der Waals surface area contributed by atoms with Crippen LogP contribution in [0.4, 0.5) is 0 Å². The Bertz CT molecular complexity index is 272. The van der Waals surface area contributed by atoms with Crippen molar-refractivity contribution < 1.29 is 4.74 Å². The third-order valence-corrected chi connectivity index (χ3v) is 2.07. The van der Waals surface area contributed by atoms with Crippen molar-refractivity contribution in [1.82, 2.24) is 9.97 Å². The van der Waals surface area contributed by atoms with Gasteiger partial charge in [0.05, 0.1) is 24.7 Å². The van der Waals surface area contributed by atoms with E-state index < -0.39 is 0 Å². The molecule has 0 aliphatic carbocycles. The molecule has 0 saturated heterocycles. The summed E-state index contributed by atoms with van der Waals surface area (Å²) in [5, 5.41) is 0. The van der Waals surface area contributed by atoms with Crippen molar-refractivity contribution in [3.05, 3.63) is 18.1 Å². The number of ether oxygens (including phenoxy) is 1. The van der Waals surface area contributed by atoms with Crippen molar-refractivity contribution in [2.75, 3.05) is 6.61 Å². The Balaban J connectivity index is 2.25. The fourth-order valence-electron chi connectivity index (χ4n) is 1.19. The van der Waals surface area contributed by atoms with E-state index in [9.17, 15) is 0 Å². The molecule has 0 aromatic carbocycles. The van der Waals surface area contributed by atoms with E-state index in [1.54, 1.807) is 12.4 Å². The molecule has 0 bridgehead atoms. The highest BCUT2D eigenvalue weighted by Gasteiger charge is 1.98. The molecule has 0 spiro atoms. The highest BCUT2D eigenvalue weighted by atomic mass is 16.5. The fraction of sp³-hybridized carbons (Fsp3) is 0.636. The van der Waals surface area contributed by atoms with Gasteiger partial charge in [0.1, 0.15) is 0 Å². The predicted molar refractivity (Wildman–Crippen MR) is 59.5 cm³/mol. The van der Waals surface area contributed by atoms with Gasteiger partial charge in [-0.25, -0.2) is 4.98 Å². The lowest BCUT2D eigenvalue weighted by Crippen LogP contribution is -2.04. The molecule has 15 heavy (non-hydrogen) atoms. The van der Waals surface area contributed by atoms with Gasteiger partial charge in [0.2, 0.25) is 5.88 Å². The molecule has 0 unspecified atom stereocenters. The zero-order chi connectivity index (χ0) is 11.1. The van der Waals surface area contributed by atoms with E-state index in [1.807, 2.05) is 0 Å². The second-order valence-corrected chi connectivity index (χ2v) is 3.93. The van der Waals surface area contributed by atoms with E-state index in [2.05, 4.69) is 23.8 Å². The lowest BCUT2D eigenvalue weighted by molar-refractivity contribution is 0.285. The van der Waals surface area contributed by atoms with Gasteiger partial charge in [-0.3, -0.25) is 4.98 Å². The highest BCUT2D eigenvalue weighted by molar-refractivity contribution is 5.06. The molecule has 0 radical (unpaired) electrons. The molecule has 1 rings (SSSR count). The summed E-state index contributed by atoms with van der Waals surface area (Å²) in [6.45, 7) is 5.53. The molecule has 1 aromatic heterocycles. The maximum Gasteiger partial charge on any atom is 0.232 e. The zero-order valence-corrected chi connectivity index (χ0v) is 9.44. The van der Waals surface area contributed by atoms with Crippen LogP contribution >= 0.6 is 0 Å². The largest absolute Gasteiger partial charge is 0.477 e. The lowest BCUT2D eigenvalue weighted by atomic mass is 10.1. The summed E-state index contributed by atoms with van der Waals surface area (Å²) in [6.07, 6.45) is 5.50. The molecule has 1 aromatic rings. The summed E-state index contributed by atoms with van der Waals surface area (Å²) in [7, 11) is 0. The molecule has 4 nitrogen and oxygen atoms in total. The van der Waals surface area contributed by atoms with Crippen molar-refractivity contribution in [2.45, 2.75) is 33.2 Å². The smallest absolute Gasteiger partial charge is 0.232 e. The van der Waals surface area contributed by atoms with Gasteiger partial charge >= 0.3 is 0 Å². The topological polar surface area (TPSA) is 61.0 Å². The Morgan fingerprint density at radius 2 is 2.13 bits per heavy atom.